The van der Waals surface area contributed by atoms with Crippen molar-refractivity contribution in [2.75, 3.05) is 13.2 Å². The van der Waals surface area contributed by atoms with Crippen LogP contribution in [-0.2, 0) is 9.47 Å². The highest BCUT2D eigenvalue weighted by molar-refractivity contribution is 5.06. The van der Waals surface area contributed by atoms with E-state index in [4.69, 9.17) is 9.47 Å². The summed E-state index contributed by atoms with van der Waals surface area (Å²) >= 11 is 0. The van der Waals surface area contributed by atoms with Crippen molar-refractivity contribution in [2.24, 2.45) is 11.8 Å². The molecule has 2 heteroatoms. The molecule has 0 amide bonds. The highest BCUT2D eigenvalue weighted by Gasteiger charge is 2.41. The number of allylic oxidation sites excluding steroid dienone is 2. The second-order valence-electron chi connectivity index (χ2n) is 6.20. The highest BCUT2D eigenvalue weighted by Crippen LogP contribution is 2.44. The maximum Gasteiger partial charge on any atom is 0.168 e. The Morgan fingerprint density at radius 3 is 2.39 bits per heavy atom. The summed E-state index contributed by atoms with van der Waals surface area (Å²) in [6.45, 7) is 3.89. The van der Waals surface area contributed by atoms with Gasteiger partial charge in [-0.15, -0.1) is 0 Å². The van der Waals surface area contributed by atoms with Crippen molar-refractivity contribution < 1.29 is 9.47 Å². The third kappa shape index (κ3) is 2.50. The molecule has 1 aliphatic heterocycles. The quantitative estimate of drug-likeness (QED) is 0.688. The third-order valence-corrected chi connectivity index (χ3v) is 5.27. The largest absolute Gasteiger partial charge is 0.348 e. The van der Waals surface area contributed by atoms with Crippen LogP contribution in [0.3, 0.4) is 0 Å². The molecular formula is C16H26O2. The summed E-state index contributed by atoms with van der Waals surface area (Å²) in [6, 6.07) is 0. The molecule has 1 heterocycles. The molecule has 1 atom stereocenters. The lowest BCUT2D eigenvalue weighted by molar-refractivity contribution is -0.185. The standard InChI is InChI=1S/C16H26O2/c1-2-13-3-5-14(6-4-13)15-7-9-16(10-8-15)17-11-12-18-16/h3,14-15H,2,4-12H2,1H3. The van der Waals surface area contributed by atoms with Gasteiger partial charge in [-0.2, -0.15) is 0 Å². The van der Waals surface area contributed by atoms with Gasteiger partial charge in [-0.3, -0.25) is 0 Å². The van der Waals surface area contributed by atoms with Gasteiger partial charge in [0.1, 0.15) is 0 Å². The summed E-state index contributed by atoms with van der Waals surface area (Å²) in [5.41, 5.74) is 1.68. The van der Waals surface area contributed by atoms with Crippen LogP contribution in [0.25, 0.3) is 0 Å². The monoisotopic (exact) mass is 250 g/mol. The highest BCUT2D eigenvalue weighted by atomic mass is 16.7. The molecule has 0 N–H and O–H groups in total. The molecule has 2 fully saturated rings. The van der Waals surface area contributed by atoms with Crippen molar-refractivity contribution >= 4 is 0 Å². The minimum Gasteiger partial charge on any atom is -0.348 e. The van der Waals surface area contributed by atoms with Gasteiger partial charge in [0.15, 0.2) is 5.79 Å². The Bertz CT molecular complexity index is 305. The lowest BCUT2D eigenvalue weighted by Gasteiger charge is -2.39. The zero-order valence-corrected chi connectivity index (χ0v) is 11.6. The molecule has 0 aromatic carbocycles. The van der Waals surface area contributed by atoms with E-state index < -0.39 is 0 Å². The van der Waals surface area contributed by atoms with E-state index in [1.807, 2.05) is 0 Å². The van der Waals surface area contributed by atoms with Crippen LogP contribution in [0.2, 0.25) is 0 Å². The van der Waals surface area contributed by atoms with Gasteiger partial charge in [-0.05, 0) is 50.4 Å². The Morgan fingerprint density at radius 2 is 1.83 bits per heavy atom. The zero-order valence-electron chi connectivity index (χ0n) is 11.6. The molecule has 1 saturated heterocycles. The molecule has 0 aromatic rings. The average Bonchev–Trinajstić information content (AvgIpc) is 2.88. The summed E-state index contributed by atoms with van der Waals surface area (Å²) in [6.07, 6.45) is 12.7. The van der Waals surface area contributed by atoms with Crippen molar-refractivity contribution in [2.45, 2.75) is 64.1 Å². The molecule has 0 radical (unpaired) electrons. The number of ether oxygens (including phenoxy) is 2. The predicted octanol–water partition coefficient (Wildman–Crippen LogP) is 4.06. The first-order valence-electron chi connectivity index (χ1n) is 7.77. The Morgan fingerprint density at radius 1 is 1.11 bits per heavy atom. The van der Waals surface area contributed by atoms with E-state index >= 15 is 0 Å². The summed E-state index contributed by atoms with van der Waals surface area (Å²) in [7, 11) is 0. The third-order valence-electron chi connectivity index (χ3n) is 5.27. The normalized spacial score (nSPS) is 32.7. The van der Waals surface area contributed by atoms with E-state index in [1.54, 1.807) is 5.57 Å². The fourth-order valence-electron chi connectivity index (χ4n) is 4.00. The zero-order chi connectivity index (χ0) is 12.4. The summed E-state index contributed by atoms with van der Waals surface area (Å²) in [5, 5.41) is 0. The molecule has 2 nitrogen and oxygen atoms in total. The van der Waals surface area contributed by atoms with Gasteiger partial charge in [-0.25, -0.2) is 0 Å². The van der Waals surface area contributed by atoms with Crippen LogP contribution >= 0.6 is 0 Å². The van der Waals surface area contributed by atoms with Crippen LogP contribution < -0.4 is 0 Å². The Hall–Kier alpha value is -0.340. The van der Waals surface area contributed by atoms with Gasteiger partial charge in [0.05, 0.1) is 13.2 Å². The van der Waals surface area contributed by atoms with Gasteiger partial charge in [0.25, 0.3) is 0 Å². The van der Waals surface area contributed by atoms with Crippen molar-refractivity contribution in [1.29, 1.82) is 0 Å². The van der Waals surface area contributed by atoms with Crippen LogP contribution in [0.1, 0.15) is 58.3 Å². The SMILES string of the molecule is CCC1=CCC(C2CCC3(CC2)OCCO3)CC1. The molecule has 1 saturated carbocycles. The van der Waals surface area contributed by atoms with E-state index in [1.165, 1.54) is 38.5 Å². The Balaban J connectivity index is 1.52. The second kappa shape index (κ2) is 5.34. The van der Waals surface area contributed by atoms with Crippen LogP contribution in [0.5, 0.6) is 0 Å². The molecular weight excluding hydrogens is 224 g/mol. The number of rotatable bonds is 2. The van der Waals surface area contributed by atoms with E-state index in [-0.39, 0.29) is 5.79 Å². The molecule has 1 spiro atoms. The lowest BCUT2D eigenvalue weighted by atomic mass is 9.72. The van der Waals surface area contributed by atoms with E-state index in [0.29, 0.717) is 0 Å². The molecule has 2 aliphatic carbocycles. The predicted molar refractivity (Wildman–Crippen MR) is 72.3 cm³/mol. The van der Waals surface area contributed by atoms with E-state index in [9.17, 15) is 0 Å². The minimum absolute atomic E-state index is 0.171. The first-order chi connectivity index (χ1) is 8.81. The molecule has 0 aromatic heterocycles. The molecule has 3 rings (SSSR count). The van der Waals surface area contributed by atoms with Gasteiger partial charge in [0.2, 0.25) is 0 Å². The van der Waals surface area contributed by atoms with Gasteiger partial charge < -0.3 is 9.47 Å². The first-order valence-corrected chi connectivity index (χ1v) is 7.77. The van der Waals surface area contributed by atoms with E-state index in [0.717, 1.165) is 37.9 Å². The van der Waals surface area contributed by atoms with Crippen molar-refractivity contribution in [3.8, 4) is 0 Å². The molecule has 18 heavy (non-hydrogen) atoms. The maximum absolute atomic E-state index is 5.82. The van der Waals surface area contributed by atoms with Gasteiger partial charge in [-0.1, -0.05) is 18.6 Å². The average molecular weight is 250 g/mol. The first kappa shape index (κ1) is 12.7. The van der Waals surface area contributed by atoms with Crippen LogP contribution in [0.4, 0.5) is 0 Å². The van der Waals surface area contributed by atoms with Gasteiger partial charge >= 0.3 is 0 Å². The molecule has 102 valence electrons. The van der Waals surface area contributed by atoms with Crippen molar-refractivity contribution in [3.63, 3.8) is 0 Å². The topological polar surface area (TPSA) is 18.5 Å². The lowest BCUT2D eigenvalue weighted by Crippen LogP contribution is -2.37. The minimum atomic E-state index is -0.171. The van der Waals surface area contributed by atoms with E-state index in [2.05, 4.69) is 13.0 Å². The van der Waals surface area contributed by atoms with Gasteiger partial charge in [0, 0.05) is 12.8 Å². The van der Waals surface area contributed by atoms with Crippen LogP contribution in [-0.4, -0.2) is 19.0 Å². The maximum atomic E-state index is 5.82. The Labute approximate surface area is 111 Å². The summed E-state index contributed by atoms with van der Waals surface area (Å²) in [4.78, 5) is 0. The fraction of sp³-hybridized carbons (Fsp3) is 0.875. The fourth-order valence-corrected chi connectivity index (χ4v) is 4.00. The Kier molecular flexibility index (Phi) is 3.76. The van der Waals surface area contributed by atoms with Crippen LogP contribution in [0.15, 0.2) is 11.6 Å². The molecule has 3 aliphatic rings. The van der Waals surface area contributed by atoms with Crippen LogP contribution in [0, 0.1) is 11.8 Å². The summed E-state index contributed by atoms with van der Waals surface area (Å²) < 4.78 is 11.6. The number of hydrogen-bond donors (Lipinski definition) is 0. The molecule has 0 bridgehead atoms. The van der Waals surface area contributed by atoms with Crippen molar-refractivity contribution in [3.05, 3.63) is 11.6 Å². The second-order valence-corrected chi connectivity index (χ2v) is 6.20. The molecule has 1 unspecified atom stereocenters. The smallest absolute Gasteiger partial charge is 0.168 e. The van der Waals surface area contributed by atoms with Crippen molar-refractivity contribution in [1.82, 2.24) is 0 Å². The number of hydrogen-bond acceptors (Lipinski definition) is 2. The summed E-state index contributed by atoms with van der Waals surface area (Å²) in [5.74, 6) is 1.67.